The first-order chi connectivity index (χ1) is 13.3. The summed E-state index contributed by atoms with van der Waals surface area (Å²) in [5.74, 6) is 0.480. The molecule has 2 amide bonds. The van der Waals surface area contributed by atoms with Crippen LogP contribution in [0.4, 0.5) is 0 Å². The van der Waals surface area contributed by atoms with Crippen molar-refractivity contribution >= 4 is 11.8 Å². The highest BCUT2D eigenvalue weighted by Gasteiger charge is 2.14. The molecule has 0 bridgehead atoms. The Morgan fingerprint density at radius 1 is 0.630 bits per heavy atom. The molecule has 1 heterocycles. The first-order valence-electron chi connectivity index (χ1n) is 8.83. The zero-order chi connectivity index (χ0) is 18.9. The molecule has 3 rings (SSSR count). The average molecular weight is 370 g/mol. The first-order valence-corrected chi connectivity index (χ1v) is 8.83. The topological polar surface area (TPSA) is 85.9 Å². The fraction of sp³-hybridized carbons (Fsp3) is 0.300. The summed E-state index contributed by atoms with van der Waals surface area (Å²) in [6.07, 6.45) is 0. The van der Waals surface area contributed by atoms with Gasteiger partial charge in [0.1, 0.15) is 24.7 Å². The van der Waals surface area contributed by atoms with Crippen molar-refractivity contribution in [3.8, 4) is 11.5 Å². The van der Waals surface area contributed by atoms with Crippen molar-refractivity contribution in [3.63, 3.8) is 0 Å². The van der Waals surface area contributed by atoms with Gasteiger partial charge in [-0.3, -0.25) is 9.59 Å². The largest absolute Gasteiger partial charge is 0.490 e. The Kier molecular flexibility index (Phi) is 6.65. The molecule has 1 aliphatic heterocycles. The molecule has 0 fully saturated rings. The summed E-state index contributed by atoms with van der Waals surface area (Å²) in [5.41, 5.74) is 0.892. The van der Waals surface area contributed by atoms with Gasteiger partial charge in [-0.1, -0.05) is 24.3 Å². The van der Waals surface area contributed by atoms with Gasteiger partial charge in [-0.2, -0.15) is 0 Å². The lowest BCUT2D eigenvalue weighted by molar-refractivity contribution is 0.0751. The minimum absolute atomic E-state index is 0.256. The van der Waals surface area contributed by atoms with E-state index in [1.54, 1.807) is 48.5 Å². The highest BCUT2D eigenvalue weighted by atomic mass is 16.5. The fourth-order valence-electron chi connectivity index (χ4n) is 2.63. The van der Waals surface area contributed by atoms with Crippen LogP contribution in [0.5, 0.6) is 11.5 Å². The minimum Gasteiger partial charge on any atom is -0.490 e. The number of rotatable bonds is 0. The molecule has 0 unspecified atom stereocenters. The molecule has 0 aliphatic carbocycles. The van der Waals surface area contributed by atoms with Crippen LogP contribution in [0.1, 0.15) is 20.7 Å². The van der Waals surface area contributed by atoms with Crippen LogP contribution in [0.3, 0.4) is 0 Å². The normalized spacial score (nSPS) is 16.4. The maximum atomic E-state index is 12.4. The molecule has 2 aromatic rings. The minimum atomic E-state index is -0.256. The standard InChI is InChI=1S/C20H22N2O5/c23-19-15-5-1-3-7-17(15)26-13-11-25-12-14-27-18-8-4-2-6-16(18)20(24)22-10-9-21-19/h1-8H,9-14H2,(H,21,23)(H,22,24). The van der Waals surface area contributed by atoms with Crippen LogP contribution in [0, 0.1) is 0 Å². The molecule has 7 heteroatoms. The second-order valence-electron chi connectivity index (χ2n) is 5.81. The smallest absolute Gasteiger partial charge is 0.255 e. The summed E-state index contributed by atoms with van der Waals surface area (Å²) in [4.78, 5) is 24.8. The molecule has 0 radical (unpaired) electrons. The van der Waals surface area contributed by atoms with Crippen LogP contribution in [0.25, 0.3) is 0 Å². The van der Waals surface area contributed by atoms with E-state index < -0.39 is 0 Å². The predicted molar refractivity (Wildman–Crippen MR) is 99.4 cm³/mol. The van der Waals surface area contributed by atoms with Gasteiger partial charge in [0.15, 0.2) is 0 Å². The highest BCUT2D eigenvalue weighted by molar-refractivity contribution is 5.97. The van der Waals surface area contributed by atoms with E-state index in [0.717, 1.165) is 0 Å². The number of carbonyl (C=O) groups excluding carboxylic acids is 2. The van der Waals surface area contributed by atoms with Crippen LogP contribution in [-0.4, -0.2) is 51.3 Å². The van der Waals surface area contributed by atoms with Gasteiger partial charge in [0.2, 0.25) is 0 Å². The van der Waals surface area contributed by atoms with Crippen molar-refractivity contribution in [3.05, 3.63) is 59.7 Å². The van der Waals surface area contributed by atoms with Gasteiger partial charge >= 0.3 is 0 Å². The van der Waals surface area contributed by atoms with Gasteiger partial charge in [-0.05, 0) is 24.3 Å². The van der Waals surface area contributed by atoms with E-state index in [4.69, 9.17) is 14.2 Å². The highest BCUT2D eigenvalue weighted by Crippen LogP contribution is 2.19. The third-order valence-electron chi connectivity index (χ3n) is 3.93. The summed E-state index contributed by atoms with van der Waals surface area (Å²) in [7, 11) is 0. The SMILES string of the molecule is O=C1NCCNC(=O)c2ccccc2OCCOCCOc2ccccc21. The number of benzene rings is 2. The summed E-state index contributed by atoms with van der Waals surface area (Å²) in [5, 5.41) is 5.56. The van der Waals surface area contributed by atoms with Gasteiger partial charge in [-0.15, -0.1) is 0 Å². The molecule has 1 aliphatic rings. The Balaban J connectivity index is 1.70. The zero-order valence-corrected chi connectivity index (χ0v) is 14.9. The van der Waals surface area contributed by atoms with Gasteiger partial charge in [0.25, 0.3) is 11.8 Å². The second kappa shape index (κ2) is 9.59. The summed E-state index contributed by atoms with van der Waals surface area (Å²) in [6.45, 7) is 1.96. The molecule has 0 aromatic heterocycles. The van der Waals surface area contributed by atoms with Gasteiger partial charge in [0, 0.05) is 13.1 Å². The monoisotopic (exact) mass is 370 g/mol. The number of hydrogen-bond acceptors (Lipinski definition) is 5. The Morgan fingerprint density at radius 2 is 1.07 bits per heavy atom. The molecular weight excluding hydrogens is 348 g/mol. The second-order valence-corrected chi connectivity index (χ2v) is 5.81. The van der Waals surface area contributed by atoms with E-state index in [2.05, 4.69) is 10.6 Å². The summed E-state index contributed by atoms with van der Waals surface area (Å²) >= 11 is 0. The van der Waals surface area contributed by atoms with E-state index in [0.29, 0.717) is 62.1 Å². The van der Waals surface area contributed by atoms with Crippen LogP contribution >= 0.6 is 0 Å². The zero-order valence-electron chi connectivity index (χ0n) is 14.9. The summed E-state index contributed by atoms with van der Waals surface area (Å²) in [6, 6.07) is 14.0. The maximum absolute atomic E-state index is 12.4. The van der Waals surface area contributed by atoms with Crippen molar-refractivity contribution in [2.45, 2.75) is 0 Å². The van der Waals surface area contributed by atoms with Crippen LogP contribution in [0.2, 0.25) is 0 Å². The van der Waals surface area contributed by atoms with E-state index in [1.165, 1.54) is 0 Å². The van der Waals surface area contributed by atoms with Crippen LogP contribution in [-0.2, 0) is 4.74 Å². The fourth-order valence-corrected chi connectivity index (χ4v) is 2.63. The quantitative estimate of drug-likeness (QED) is 0.736. The van der Waals surface area contributed by atoms with Gasteiger partial charge < -0.3 is 24.8 Å². The van der Waals surface area contributed by atoms with E-state index >= 15 is 0 Å². The summed E-state index contributed by atoms with van der Waals surface area (Å²) < 4.78 is 16.8. The Hall–Kier alpha value is -3.06. The number of fused-ring (bicyclic) bond motifs is 2. The lowest BCUT2D eigenvalue weighted by atomic mass is 10.2. The van der Waals surface area contributed by atoms with E-state index in [9.17, 15) is 9.59 Å². The molecule has 2 aromatic carbocycles. The van der Waals surface area contributed by atoms with Crippen LogP contribution < -0.4 is 20.1 Å². The third kappa shape index (κ3) is 5.21. The van der Waals surface area contributed by atoms with Gasteiger partial charge in [-0.25, -0.2) is 0 Å². The molecule has 2 N–H and O–H groups in total. The molecule has 0 saturated carbocycles. The van der Waals surface area contributed by atoms with Crippen molar-refractivity contribution in [2.75, 3.05) is 39.5 Å². The Labute approximate surface area is 157 Å². The lowest BCUT2D eigenvalue weighted by Gasteiger charge is -2.12. The number of ether oxygens (including phenoxy) is 3. The molecule has 0 spiro atoms. The van der Waals surface area contributed by atoms with Crippen molar-refractivity contribution in [1.82, 2.24) is 10.6 Å². The third-order valence-corrected chi connectivity index (χ3v) is 3.93. The molecule has 27 heavy (non-hydrogen) atoms. The first kappa shape index (κ1) is 18.7. The average Bonchev–Trinajstić information content (AvgIpc) is 2.70. The van der Waals surface area contributed by atoms with Crippen molar-refractivity contribution in [1.29, 1.82) is 0 Å². The van der Waals surface area contributed by atoms with Gasteiger partial charge in [0.05, 0.1) is 24.3 Å². The molecule has 7 nitrogen and oxygen atoms in total. The van der Waals surface area contributed by atoms with E-state index in [1.807, 2.05) is 0 Å². The van der Waals surface area contributed by atoms with Crippen molar-refractivity contribution in [2.24, 2.45) is 0 Å². The molecular formula is C20H22N2O5. The number of amides is 2. The van der Waals surface area contributed by atoms with Crippen molar-refractivity contribution < 1.29 is 23.8 Å². The number of hydrogen-bond donors (Lipinski definition) is 2. The number of nitrogens with one attached hydrogen (secondary N) is 2. The van der Waals surface area contributed by atoms with Crippen LogP contribution in [0.15, 0.2) is 48.5 Å². The Morgan fingerprint density at radius 3 is 1.56 bits per heavy atom. The lowest BCUT2D eigenvalue weighted by Crippen LogP contribution is -2.35. The molecule has 0 saturated heterocycles. The molecule has 0 atom stereocenters. The Bertz CT molecular complexity index is 728. The predicted octanol–water partition coefficient (Wildman–Crippen LogP) is 1.63. The molecule has 142 valence electrons. The number of para-hydroxylation sites is 2. The van der Waals surface area contributed by atoms with E-state index in [-0.39, 0.29) is 11.8 Å². The maximum Gasteiger partial charge on any atom is 0.255 e. The number of carbonyl (C=O) groups is 2.